The highest BCUT2D eigenvalue weighted by Gasteiger charge is 2.35. The van der Waals surface area contributed by atoms with E-state index in [9.17, 15) is 0 Å². The van der Waals surface area contributed by atoms with E-state index in [-0.39, 0.29) is 5.41 Å². The second-order valence-corrected chi connectivity index (χ2v) is 22.5. The van der Waals surface area contributed by atoms with Crippen LogP contribution in [0.25, 0.3) is 103 Å². The molecule has 11 aromatic carbocycles. The fraction of sp³-hybridized carbons (Fsp3) is 0.120. The summed E-state index contributed by atoms with van der Waals surface area (Å²) in [5.74, 6) is 0. The van der Waals surface area contributed by atoms with E-state index in [0.717, 1.165) is 11.2 Å². The van der Waals surface area contributed by atoms with E-state index in [2.05, 4.69) is 277 Å². The number of nitrogens with zero attached hydrogens (tertiary/aromatic N) is 2. The van der Waals surface area contributed by atoms with E-state index in [1.54, 1.807) is 0 Å². The van der Waals surface area contributed by atoms with Crippen molar-refractivity contribution in [2.75, 3.05) is 0 Å². The van der Waals surface area contributed by atoms with Gasteiger partial charge in [0.05, 0.1) is 11.0 Å². The SMILES string of the molecule is Cc1cccc2c1-c1ccccc1C2(C)C.Cc1cccc2c1c1ccccc1n2-c1ccccc1.Cc1cccc2c1c1ccccc1n2C.Cc1cccc2oc3ccccc3c12.Cc1cccc2sc3ccccc3c12. The van der Waals surface area contributed by atoms with Crippen LogP contribution < -0.4 is 0 Å². The number of rotatable bonds is 1. The molecule has 0 fully saturated rings. The summed E-state index contributed by atoms with van der Waals surface area (Å²) in [5.41, 5.74) is 21.0. The van der Waals surface area contributed by atoms with E-state index in [4.69, 9.17) is 4.42 Å². The third-order valence-corrected chi connectivity index (χ3v) is 17.2. The highest BCUT2D eigenvalue weighted by molar-refractivity contribution is 7.25. The molecular weight excluding hydrogens is 977 g/mol. The molecule has 4 heteroatoms. The molecule has 15 aromatic rings. The maximum Gasteiger partial charge on any atom is 0.135 e. The number of benzene rings is 11. The first-order valence-corrected chi connectivity index (χ1v) is 28.2. The summed E-state index contributed by atoms with van der Waals surface area (Å²) in [6, 6.07) is 85.6. The summed E-state index contributed by atoms with van der Waals surface area (Å²) >= 11 is 1.88. The Balaban J connectivity index is 0.0000000992. The molecule has 4 aromatic heterocycles. The molecule has 1 aliphatic rings. The Morgan fingerprint density at radius 3 is 1.56 bits per heavy atom. The van der Waals surface area contributed by atoms with Crippen molar-refractivity contribution in [3.05, 3.63) is 282 Å². The Morgan fingerprint density at radius 1 is 0.342 bits per heavy atom. The summed E-state index contributed by atoms with van der Waals surface area (Å²) in [5, 5.41) is 10.7. The Hall–Kier alpha value is -8.96. The van der Waals surface area contributed by atoms with Crippen LogP contribution in [0.2, 0.25) is 0 Å². The maximum atomic E-state index is 5.73. The zero-order valence-corrected chi connectivity index (χ0v) is 47.1. The molecule has 0 bridgehead atoms. The lowest BCUT2D eigenvalue weighted by molar-refractivity contribution is 0.660. The first kappa shape index (κ1) is 50.8. The third-order valence-electron chi connectivity index (χ3n) is 16.1. The predicted molar refractivity (Wildman–Crippen MR) is 342 cm³/mol. The molecule has 4 heterocycles. The average Bonchev–Trinajstić information content (AvgIpc) is 4.45. The van der Waals surface area contributed by atoms with Crippen LogP contribution in [0, 0.1) is 34.6 Å². The number of aromatic nitrogens is 2. The summed E-state index contributed by atoms with van der Waals surface area (Å²) in [6.45, 7) is 15.5. The van der Waals surface area contributed by atoms with Crippen LogP contribution >= 0.6 is 11.3 Å². The van der Waals surface area contributed by atoms with Crippen molar-refractivity contribution in [1.82, 2.24) is 9.13 Å². The van der Waals surface area contributed by atoms with Gasteiger partial charge in [-0.2, -0.15) is 0 Å². The largest absolute Gasteiger partial charge is 0.456 e. The van der Waals surface area contributed by atoms with Gasteiger partial charge in [-0.15, -0.1) is 11.3 Å². The number of hydrogen-bond donors (Lipinski definition) is 0. The van der Waals surface area contributed by atoms with E-state index in [1.165, 1.54) is 130 Å². The van der Waals surface area contributed by atoms with Crippen LogP contribution in [0.1, 0.15) is 52.8 Å². The quantitative estimate of drug-likeness (QED) is 0.161. The zero-order chi connectivity index (χ0) is 54.4. The van der Waals surface area contributed by atoms with Gasteiger partial charge in [-0.3, -0.25) is 0 Å². The lowest BCUT2D eigenvalue weighted by Crippen LogP contribution is -2.14. The monoisotopic (exact) mass is 1040 g/mol. The fourth-order valence-corrected chi connectivity index (χ4v) is 13.5. The summed E-state index contributed by atoms with van der Waals surface area (Å²) in [7, 11) is 2.13. The number of thiophene rings is 1. The Morgan fingerprint density at radius 2 is 0.810 bits per heavy atom. The molecule has 0 aliphatic heterocycles. The van der Waals surface area contributed by atoms with E-state index >= 15 is 0 Å². The van der Waals surface area contributed by atoms with Gasteiger partial charge in [-0.05, 0) is 145 Å². The van der Waals surface area contributed by atoms with E-state index in [0.29, 0.717) is 0 Å². The van der Waals surface area contributed by atoms with Crippen molar-refractivity contribution in [3.63, 3.8) is 0 Å². The molecule has 1 aliphatic carbocycles. The van der Waals surface area contributed by atoms with Crippen LogP contribution in [-0.4, -0.2) is 9.13 Å². The Kier molecular flexibility index (Phi) is 13.6. The number of aryl methyl sites for hydroxylation is 6. The van der Waals surface area contributed by atoms with Gasteiger partial charge in [0.25, 0.3) is 0 Å². The van der Waals surface area contributed by atoms with Crippen LogP contribution in [0.15, 0.2) is 247 Å². The summed E-state index contributed by atoms with van der Waals surface area (Å²) < 4.78 is 13.1. The minimum atomic E-state index is 0.151. The van der Waals surface area contributed by atoms with Gasteiger partial charge in [0.15, 0.2) is 0 Å². The van der Waals surface area contributed by atoms with Gasteiger partial charge >= 0.3 is 0 Å². The Bertz CT molecular complexity index is 4600. The van der Waals surface area contributed by atoms with Crippen LogP contribution in [0.4, 0.5) is 0 Å². The molecule has 0 unspecified atom stereocenters. The zero-order valence-electron chi connectivity index (χ0n) is 46.3. The fourth-order valence-electron chi connectivity index (χ4n) is 12.3. The molecular formula is C75H64N2OS. The highest BCUT2D eigenvalue weighted by Crippen LogP contribution is 2.49. The molecule has 3 nitrogen and oxygen atoms in total. The third kappa shape index (κ3) is 9.16. The number of para-hydroxylation sites is 4. The molecule has 0 N–H and O–H groups in total. The van der Waals surface area contributed by atoms with Crippen LogP contribution in [0.5, 0.6) is 0 Å². The van der Waals surface area contributed by atoms with Gasteiger partial charge in [-0.1, -0.05) is 196 Å². The second kappa shape index (κ2) is 21.1. The molecule has 0 saturated heterocycles. The lowest BCUT2D eigenvalue weighted by atomic mass is 9.82. The van der Waals surface area contributed by atoms with Crippen molar-refractivity contribution >= 4 is 97.1 Å². The molecule has 386 valence electrons. The molecule has 79 heavy (non-hydrogen) atoms. The maximum absolute atomic E-state index is 5.73. The van der Waals surface area contributed by atoms with Gasteiger partial charge in [0.1, 0.15) is 11.2 Å². The molecule has 0 saturated carbocycles. The van der Waals surface area contributed by atoms with Crippen molar-refractivity contribution in [1.29, 1.82) is 0 Å². The minimum Gasteiger partial charge on any atom is -0.456 e. The van der Waals surface area contributed by atoms with Crippen LogP contribution in [-0.2, 0) is 12.5 Å². The molecule has 0 radical (unpaired) electrons. The standard InChI is InChI=1S/C19H15N.C16H16.C14H13N.C13H10O.C13H10S/c1-14-8-7-13-18-19(14)16-11-5-6-12-17(16)20(18)15-9-3-2-4-10-15;1-11-7-6-10-14-15(11)12-8-4-5-9-13(12)16(14,2)3;1-10-6-5-9-13-14(10)11-7-3-4-8-12(11)15(13)2;2*1-9-5-4-8-12-13(9)10-6-2-3-7-11(10)14-12/h2-13H,1H3;4-10H,1-3H3;3-9H,1-2H3;2*2-8H,1H3. The number of furan rings is 1. The molecule has 0 spiro atoms. The lowest BCUT2D eigenvalue weighted by Gasteiger charge is -2.21. The van der Waals surface area contributed by atoms with E-state index in [1.807, 2.05) is 41.7 Å². The smallest absolute Gasteiger partial charge is 0.135 e. The molecule has 16 rings (SSSR count). The first-order valence-electron chi connectivity index (χ1n) is 27.4. The second-order valence-electron chi connectivity index (χ2n) is 21.5. The molecule has 0 amide bonds. The average molecular weight is 1040 g/mol. The topological polar surface area (TPSA) is 23.0 Å². The summed E-state index contributed by atoms with van der Waals surface area (Å²) in [6.07, 6.45) is 0. The van der Waals surface area contributed by atoms with Gasteiger partial charge in [0, 0.05) is 81.7 Å². The van der Waals surface area contributed by atoms with Gasteiger partial charge in [-0.25, -0.2) is 0 Å². The van der Waals surface area contributed by atoms with Crippen molar-refractivity contribution < 1.29 is 4.42 Å². The normalized spacial score (nSPS) is 12.2. The van der Waals surface area contributed by atoms with Gasteiger partial charge in [0.2, 0.25) is 0 Å². The highest BCUT2D eigenvalue weighted by atomic mass is 32.1. The van der Waals surface area contributed by atoms with Crippen molar-refractivity contribution in [2.24, 2.45) is 7.05 Å². The van der Waals surface area contributed by atoms with E-state index < -0.39 is 0 Å². The minimum absolute atomic E-state index is 0.151. The summed E-state index contributed by atoms with van der Waals surface area (Å²) in [4.78, 5) is 0. The first-order chi connectivity index (χ1) is 38.5. The predicted octanol–water partition coefficient (Wildman–Crippen LogP) is 21.3. The van der Waals surface area contributed by atoms with Crippen LogP contribution in [0.3, 0.4) is 0 Å². The number of fused-ring (bicyclic) bond motifs is 15. The number of hydrogen-bond acceptors (Lipinski definition) is 2. The Labute approximate surface area is 467 Å². The van der Waals surface area contributed by atoms with Crippen molar-refractivity contribution in [2.45, 2.75) is 53.9 Å². The van der Waals surface area contributed by atoms with Gasteiger partial charge < -0.3 is 13.6 Å². The van der Waals surface area contributed by atoms with Crippen molar-refractivity contribution in [3.8, 4) is 16.8 Å². The molecule has 0 atom stereocenters.